The summed E-state index contributed by atoms with van der Waals surface area (Å²) in [6.45, 7) is 2.10. The summed E-state index contributed by atoms with van der Waals surface area (Å²) in [4.78, 5) is 0. The molecule has 1 saturated heterocycles. The Morgan fingerprint density at radius 2 is 1.67 bits per heavy atom. The van der Waals surface area contributed by atoms with Gasteiger partial charge in [-0.15, -0.1) is 0 Å². The molecule has 0 aromatic carbocycles. The Morgan fingerprint density at radius 3 is 2.22 bits per heavy atom. The van der Waals surface area contributed by atoms with Gasteiger partial charge in [-0.3, -0.25) is 0 Å². The van der Waals surface area contributed by atoms with Gasteiger partial charge in [0.1, 0.15) is 0 Å². The van der Waals surface area contributed by atoms with Crippen LogP contribution in [0.5, 0.6) is 0 Å². The van der Waals surface area contributed by atoms with Crippen LogP contribution in [-0.2, 0) is 4.74 Å². The zero-order valence-corrected chi connectivity index (χ0v) is 5.81. The summed E-state index contributed by atoms with van der Waals surface area (Å²) in [7, 11) is 0. The van der Waals surface area contributed by atoms with E-state index in [1.54, 1.807) is 0 Å². The van der Waals surface area contributed by atoms with Crippen LogP contribution < -0.4 is 0 Å². The van der Waals surface area contributed by atoms with Gasteiger partial charge < -0.3 is 4.74 Å². The largest absolute Gasteiger partial charge is 0.381 e. The van der Waals surface area contributed by atoms with Crippen molar-refractivity contribution in [1.82, 2.24) is 0 Å². The van der Waals surface area contributed by atoms with Crippen molar-refractivity contribution in [3.8, 4) is 0 Å². The highest BCUT2D eigenvalue weighted by atomic mass is 16.5. The van der Waals surface area contributed by atoms with Gasteiger partial charge in [-0.1, -0.05) is 6.42 Å². The normalized spacial score (nSPS) is 42.7. The first-order valence-electron chi connectivity index (χ1n) is 4.03. The molecule has 0 radical (unpaired) electrons. The highest BCUT2D eigenvalue weighted by Crippen LogP contribution is 2.32. The minimum atomic E-state index is 0.928. The van der Waals surface area contributed by atoms with Crippen molar-refractivity contribution in [2.75, 3.05) is 13.2 Å². The third-order valence-electron chi connectivity index (χ3n) is 2.60. The lowest BCUT2D eigenvalue weighted by atomic mass is 9.81. The molecule has 2 rings (SSSR count). The van der Waals surface area contributed by atoms with E-state index < -0.39 is 0 Å². The molecule has 9 heavy (non-hydrogen) atoms. The minimum Gasteiger partial charge on any atom is -0.381 e. The molecule has 1 heteroatoms. The molecule has 1 heterocycles. The van der Waals surface area contributed by atoms with Crippen LogP contribution in [0.25, 0.3) is 0 Å². The van der Waals surface area contributed by atoms with E-state index in [2.05, 4.69) is 0 Å². The minimum absolute atomic E-state index is 0.928. The summed E-state index contributed by atoms with van der Waals surface area (Å²) in [5.41, 5.74) is 0. The molecule has 0 aromatic heterocycles. The lowest BCUT2D eigenvalue weighted by molar-refractivity contribution is -0.00962. The second-order valence-electron chi connectivity index (χ2n) is 3.44. The van der Waals surface area contributed by atoms with Crippen molar-refractivity contribution in [2.45, 2.75) is 25.7 Å². The molecule has 2 fully saturated rings. The maximum absolute atomic E-state index is 5.44. The molecular weight excluding hydrogens is 112 g/mol. The second-order valence-corrected chi connectivity index (χ2v) is 3.44. The van der Waals surface area contributed by atoms with Crippen molar-refractivity contribution >= 4 is 0 Å². The first-order chi connectivity index (χ1) is 4.45. The van der Waals surface area contributed by atoms with Gasteiger partial charge in [0, 0.05) is 13.2 Å². The summed E-state index contributed by atoms with van der Waals surface area (Å²) in [6.07, 6.45) is 5.77. The van der Waals surface area contributed by atoms with Crippen LogP contribution in [0.3, 0.4) is 0 Å². The van der Waals surface area contributed by atoms with Crippen molar-refractivity contribution in [3.63, 3.8) is 0 Å². The number of hydrogen-bond acceptors (Lipinski definition) is 1. The fourth-order valence-corrected chi connectivity index (χ4v) is 2.11. The van der Waals surface area contributed by atoms with Crippen molar-refractivity contribution in [3.05, 3.63) is 0 Å². The fourth-order valence-electron chi connectivity index (χ4n) is 2.11. The molecular formula is C8H14O. The standard InChI is InChI=1S/C8H14O/c1-2-7-4-8(3-1)6-9-5-7/h7-8H,1-6H2. The van der Waals surface area contributed by atoms with E-state index in [1.807, 2.05) is 0 Å². The lowest BCUT2D eigenvalue weighted by Crippen LogP contribution is -2.29. The molecule has 2 aliphatic rings. The van der Waals surface area contributed by atoms with E-state index in [-0.39, 0.29) is 0 Å². The fraction of sp³-hybridized carbons (Fsp3) is 1.00. The Balaban J connectivity index is 1.96. The summed E-state index contributed by atoms with van der Waals surface area (Å²) in [5.74, 6) is 1.86. The van der Waals surface area contributed by atoms with Crippen LogP contribution >= 0.6 is 0 Å². The van der Waals surface area contributed by atoms with Gasteiger partial charge in [-0.2, -0.15) is 0 Å². The zero-order valence-electron chi connectivity index (χ0n) is 5.81. The molecule has 2 unspecified atom stereocenters. The molecule has 1 saturated carbocycles. The molecule has 1 nitrogen and oxygen atoms in total. The van der Waals surface area contributed by atoms with Crippen molar-refractivity contribution < 1.29 is 4.74 Å². The molecule has 2 bridgehead atoms. The van der Waals surface area contributed by atoms with E-state index in [4.69, 9.17) is 4.74 Å². The average Bonchev–Trinajstić information content (AvgIpc) is 1.88. The van der Waals surface area contributed by atoms with E-state index in [9.17, 15) is 0 Å². The third-order valence-corrected chi connectivity index (χ3v) is 2.60. The van der Waals surface area contributed by atoms with Crippen molar-refractivity contribution in [1.29, 1.82) is 0 Å². The van der Waals surface area contributed by atoms with E-state index in [1.165, 1.54) is 25.7 Å². The van der Waals surface area contributed by atoms with Crippen LogP contribution in [0.2, 0.25) is 0 Å². The number of ether oxygens (including phenoxy) is 1. The first kappa shape index (κ1) is 5.72. The second kappa shape index (κ2) is 2.30. The van der Waals surface area contributed by atoms with Gasteiger partial charge in [-0.25, -0.2) is 0 Å². The molecule has 0 spiro atoms. The van der Waals surface area contributed by atoms with Crippen LogP contribution in [-0.4, -0.2) is 13.2 Å². The molecule has 1 aliphatic heterocycles. The van der Waals surface area contributed by atoms with E-state index >= 15 is 0 Å². The topological polar surface area (TPSA) is 9.23 Å². The Morgan fingerprint density at radius 1 is 1.00 bits per heavy atom. The first-order valence-corrected chi connectivity index (χ1v) is 4.03. The van der Waals surface area contributed by atoms with Crippen LogP contribution in [0.1, 0.15) is 25.7 Å². The van der Waals surface area contributed by atoms with Crippen LogP contribution in [0.15, 0.2) is 0 Å². The Labute approximate surface area is 56.4 Å². The van der Waals surface area contributed by atoms with Gasteiger partial charge in [0.05, 0.1) is 0 Å². The molecule has 0 aromatic rings. The smallest absolute Gasteiger partial charge is 0.0494 e. The van der Waals surface area contributed by atoms with Crippen LogP contribution in [0, 0.1) is 11.8 Å². The van der Waals surface area contributed by atoms with Gasteiger partial charge in [0.15, 0.2) is 0 Å². The number of fused-ring (bicyclic) bond motifs is 2. The SMILES string of the molecule is C1CC2COCC(C1)C2. The molecule has 2 atom stereocenters. The predicted molar refractivity (Wildman–Crippen MR) is 36.3 cm³/mol. The van der Waals surface area contributed by atoms with Gasteiger partial charge in [0.25, 0.3) is 0 Å². The molecule has 0 N–H and O–H groups in total. The van der Waals surface area contributed by atoms with Crippen LogP contribution in [0.4, 0.5) is 0 Å². The Kier molecular flexibility index (Phi) is 1.46. The zero-order chi connectivity index (χ0) is 6.10. The van der Waals surface area contributed by atoms with E-state index in [0.29, 0.717) is 0 Å². The third kappa shape index (κ3) is 1.11. The lowest BCUT2D eigenvalue weighted by Gasteiger charge is -2.33. The van der Waals surface area contributed by atoms with Gasteiger partial charge >= 0.3 is 0 Å². The summed E-state index contributed by atoms with van der Waals surface area (Å²) in [5, 5.41) is 0. The van der Waals surface area contributed by atoms with Gasteiger partial charge in [-0.05, 0) is 31.1 Å². The maximum atomic E-state index is 5.44. The van der Waals surface area contributed by atoms with Crippen molar-refractivity contribution in [2.24, 2.45) is 11.8 Å². The summed E-state index contributed by atoms with van der Waals surface area (Å²) >= 11 is 0. The van der Waals surface area contributed by atoms with Gasteiger partial charge in [0.2, 0.25) is 0 Å². The maximum Gasteiger partial charge on any atom is 0.0494 e. The monoisotopic (exact) mass is 126 g/mol. The number of rotatable bonds is 0. The molecule has 52 valence electrons. The summed E-state index contributed by atoms with van der Waals surface area (Å²) in [6, 6.07) is 0. The quantitative estimate of drug-likeness (QED) is 0.481. The Hall–Kier alpha value is -0.0400. The average molecular weight is 126 g/mol. The molecule has 1 aliphatic carbocycles. The summed E-state index contributed by atoms with van der Waals surface area (Å²) < 4.78 is 5.44. The highest BCUT2D eigenvalue weighted by molar-refractivity contribution is 4.75. The predicted octanol–water partition coefficient (Wildman–Crippen LogP) is 1.82. The highest BCUT2D eigenvalue weighted by Gasteiger charge is 2.25. The van der Waals surface area contributed by atoms with E-state index in [0.717, 1.165) is 25.0 Å². The molecule has 0 amide bonds. The Bertz CT molecular complexity index is 80.7. The number of hydrogen-bond donors (Lipinski definition) is 0.